The van der Waals surface area contributed by atoms with Gasteiger partial charge in [0.1, 0.15) is 0 Å². The van der Waals surface area contributed by atoms with E-state index in [9.17, 15) is 14.3 Å². The highest BCUT2D eigenvalue weighted by molar-refractivity contribution is 7.94. The number of nitrogens with zero attached hydrogens (tertiary/aromatic N) is 1. The fraction of sp³-hybridized carbons (Fsp3) is 0.263. The number of oxime groups is 1. The summed E-state index contributed by atoms with van der Waals surface area (Å²) < 4.78 is 19.2. The van der Waals surface area contributed by atoms with E-state index in [1.165, 1.54) is 7.11 Å². The molecule has 3 unspecified atom stereocenters. The first-order chi connectivity index (χ1) is 12.5. The van der Waals surface area contributed by atoms with Gasteiger partial charge < -0.3 is 9.94 Å². The Morgan fingerprint density at radius 2 is 1.92 bits per heavy atom. The van der Waals surface area contributed by atoms with Gasteiger partial charge >= 0.3 is 5.79 Å². The third-order valence-electron chi connectivity index (χ3n) is 4.07. The first-order valence-electron chi connectivity index (χ1n) is 7.98. The number of benzene rings is 2. The van der Waals surface area contributed by atoms with Crippen LogP contribution >= 0.6 is 0 Å². The molecule has 0 fully saturated rings. The Balaban J connectivity index is 2.02. The molecule has 0 saturated carbocycles. The van der Waals surface area contributed by atoms with Crippen molar-refractivity contribution in [1.82, 2.24) is 0 Å². The van der Waals surface area contributed by atoms with E-state index in [4.69, 9.17) is 9.02 Å². The van der Waals surface area contributed by atoms with Crippen LogP contribution < -0.4 is 0 Å². The Hall–Kier alpha value is -2.22. The maximum Gasteiger partial charge on any atom is 0.320 e. The molecule has 136 valence electrons. The summed E-state index contributed by atoms with van der Waals surface area (Å²) in [5, 5.41) is 13.3. The topological polar surface area (TPSA) is 68.1 Å². The van der Waals surface area contributed by atoms with Gasteiger partial charge in [0.25, 0.3) is 5.25 Å². The number of aliphatic hydroxyl groups is 1. The van der Waals surface area contributed by atoms with Crippen molar-refractivity contribution in [2.45, 2.75) is 22.9 Å². The fourth-order valence-electron chi connectivity index (χ4n) is 2.70. The molecule has 26 heavy (non-hydrogen) atoms. The molecule has 3 rings (SSSR count). The monoisotopic (exact) mass is 376 g/mol. The highest BCUT2D eigenvalue weighted by Gasteiger charge is 2.62. The van der Waals surface area contributed by atoms with Crippen LogP contribution in [0.4, 0.5) is 4.39 Å². The zero-order valence-electron chi connectivity index (χ0n) is 14.4. The maximum absolute atomic E-state index is 13.6. The summed E-state index contributed by atoms with van der Waals surface area (Å²) in [6, 6.07) is 15.9. The lowest BCUT2D eigenvalue weighted by Crippen LogP contribution is -2.52. The molecular formula is C19H19FNO4S+. The Kier molecular flexibility index (Phi) is 5.41. The smallest absolute Gasteiger partial charge is 0.320 e. The number of hydrogen-bond acceptors (Lipinski definition) is 5. The molecule has 1 aliphatic rings. The van der Waals surface area contributed by atoms with E-state index in [-0.39, 0.29) is 5.71 Å². The van der Waals surface area contributed by atoms with Crippen molar-refractivity contribution in [2.24, 2.45) is 5.16 Å². The molecule has 0 spiro atoms. The van der Waals surface area contributed by atoms with Gasteiger partial charge in [0.2, 0.25) is 17.0 Å². The maximum atomic E-state index is 13.6. The molecule has 2 aromatic carbocycles. The van der Waals surface area contributed by atoms with Gasteiger partial charge in [-0.15, -0.1) is 0 Å². The third kappa shape index (κ3) is 3.38. The van der Waals surface area contributed by atoms with Gasteiger partial charge in [-0.2, -0.15) is 4.18 Å². The highest BCUT2D eigenvalue weighted by Crippen LogP contribution is 2.35. The molecule has 1 heterocycles. The minimum Gasteiger partial charge on any atom is -0.351 e. The second-order valence-corrected chi connectivity index (χ2v) is 7.77. The van der Waals surface area contributed by atoms with Crippen molar-refractivity contribution >= 4 is 22.7 Å². The zero-order chi connectivity index (χ0) is 18.7. The second-order valence-electron chi connectivity index (χ2n) is 5.90. The Morgan fingerprint density at radius 3 is 2.50 bits per heavy atom. The van der Waals surface area contributed by atoms with Crippen LogP contribution in [0.25, 0.3) is 0 Å². The number of rotatable bonds is 6. The summed E-state index contributed by atoms with van der Waals surface area (Å²) in [6.07, 6.45) is 0. The molecule has 1 N–H and O–H groups in total. The van der Waals surface area contributed by atoms with E-state index in [1.807, 2.05) is 31.2 Å². The van der Waals surface area contributed by atoms with Crippen molar-refractivity contribution in [3.05, 3.63) is 65.7 Å². The molecule has 5 nitrogen and oxygen atoms in total. The number of alkyl halides is 1. The molecule has 0 saturated heterocycles. The van der Waals surface area contributed by atoms with Crippen LogP contribution in [0, 0.1) is 6.92 Å². The largest absolute Gasteiger partial charge is 0.351 e. The van der Waals surface area contributed by atoms with Crippen molar-refractivity contribution < 1.29 is 23.3 Å². The molecule has 7 heteroatoms. The summed E-state index contributed by atoms with van der Waals surface area (Å²) in [6.45, 7) is 0.725. The van der Waals surface area contributed by atoms with Gasteiger partial charge in [0.15, 0.2) is 17.3 Å². The highest BCUT2D eigenvalue weighted by atomic mass is 32.2. The molecular weight excluding hydrogens is 357 g/mol. The lowest BCUT2D eigenvalue weighted by molar-refractivity contribution is -0.191. The third-order valence-corrected chi connectivity index (χ3v) is 6.18. The van der Waals surface area contributed by atoms with Gasteiger partial charge in [-0.3, -0.25) is 4.79 Å². The summed E-state index contributed by atoms with van der Waals surface area (Å²) in [5.74, 6) is -2.68. The predicted molar refractivity (Wildman–Crippen MR) is 97.8 cm³/mol. The second kappa shape index (κ2) is 7.57. The first kappa shape index (κ1) is 18.6. The number of hydrogen-bond donors (Lipinski definition) is 1. The Bertz CT molecular complexity index is 812. The van der Waals surface area contributed by atoms with Gasteiger partial charge in [0, 0.05) is 5.56 Å². The predicted octanol–water partition coefficient (Wildman–Crippen LogP) is 2.83. The minimum absolute atomic E-state index is 0.0536. The van der Waals surface area contributed by atoms with Crippen LogP contribution in [0.3, 0.4) is 0 Å². The minimum atomic E-state index is -2.25. The number of Topliss-reactive ketones (excluding diaryl/α,β-unsaturated/α-hetero) is 1. The van der Waals surface area contributed by atoms with E-state index in [2.05, 4.69) is 5.16 Å². The van der Waals surface area contributed by atoms with E-state index in [0.29, 0.717) is 10.5 Å². The fourth-order valence-corrected chi connectivity index (χ4v) is 4.55. The SMILES string of the molecule is CO[S+](c1ccc(C)cc1)C1C(C(=O)c2ccccc2)=NOC1(O)CF. The summed E-state index contributed by atoms with van der Waals surface area (Å²) in [4.78, 5) is 18.5. The molecule has 0 aromatic heterocycles. The Labute approximate surface area is 154 Å². The van der Waals surface area contributed by atoms with E-state index < -0.39 is 34.7 Å². The van der Waals surface area contributed by atoms with Crippen LogP contribution in [0.15, 0.2) is 64.6 Å². The molecule has 2 aromatic rings. The molecule has 3 atom stereocenters. The van der Waals surface area contributed by atoms with Crippen molar-refractivity contribution in [1.29, 1.82) is 0 Å². The van der Waals surface area contributed by atoms with Crippen LogP contribution in [0.5, 0.6) is 0 Å². The standard InChI is InChI=1S/C19H19FNO4S/c1-13-8-10-15(11-9-13)26(24-2)18-16(21-25-19(18,23)12-20)17(22)14-6-4-3-5-7-14/h3-11,18,23H,12H2,1-2H3/q+1. The van der Waals surface area contributed by atoms with Crippen molar-refractivity contribution in [2.75, 3.05) is 13.8 Å². The lowest BCUT2D eigenvalue weighted by atomic mass is 10.0. The normalized spacial score (nSPS) is 23.2. The van der Waals surface area contributed by atoms with E-state index >= 15 is 0 Å². The van der Waals surface area contributed by atoms with Crippen molar-refractivity contribution in [3.8, 4) is 0 Å². The average Bonchev–Trinajstić information content (AvgIpc) is 3.02. The average molecular weight is 376 g/mol. The first-order valence-corrected chi connectivity index (χ1v) is 9.20. The van der Waals surface area contributed by atoms with E-state index in [1.54, 1.807) is 30.3 Å². The number of aryl methyl sites for hydroxylation is 1. The molecule has 1 aliphatic heterocycles. The number of ketones is 1. The number of halogens is 1. The molecule has 0 bridgehead atoms. The Morgan fingerprint density at radius 1 is 1.27 bits per heavy atom. The van der Waals surface area contributed by atoms with Crippen LogP contribution in [-0.4, -0.2) is 41.4 Å². The summed E-state index contributed by atoms with van der Waals surface area (Å²) in [5.41, 5.74) is 1.37. The quantitative estimate of drug-likeness (QED) is 0.622. The zero-order valence-corrected chi connectivity index (χ0v) is 15.2. The van der Waals surface area contributed by atoms with Crippen LogP contribution in [0.1, 0.15) is 15.9 Å². The lowest BCUT2D eigenvalue weighted by Gasteiger charge is -2.22. The van der Waals surface area contributed by atoms with Gasteiger partial charge in [-0.05, 0) is 19.1 Å². The molecule has 0 amide bonds. The number of carbonyl (C=O) groups excluding carboxylic acids is 1. The summed E-state index contributed by atoms with van der Waals surface area (Å²) >= 11 is -1.14. The molecule has 0 aliphatic carbocycles. The van der Waals surface area contributed by atoms with E-state index in [0.717, 1.165) is 5.56 Å². The number of carbonyl (C=O) groups is 1. The van der Waals surface area contributed by atoms with Crippen LogP contribution in [0.2, 0.25) is 0 Å². The molecule has 0 radical (unpaired) electrons. The van der Waals surface area contributed by atoms with Crippen LogP contribution in [-0.2, 0) is 20.2 Å². The van der Waals surface area contributed by atoms with Gasteiger partial charge in [-0.1, -0.05) is 53.2 Å². The van der Waals surface area contributed by atoms with Gasteiger partial charge in [0.05, 0.1) is 7.11 Å². The summed E-state index contributed by atoms with van der Waals surface area (Å²) in [7, 11) is 1.45. The van der Waals surface area contributed by atoms with Crippen molar-refractivity contribution in [3.63, 3.8) is 0 Å². The van der Waals surface area contributed by atoms with Gasteiger partial charge in [-0.25, -0.2) is 4.39 Å².